The number of nitrogens with zero attached hydrogens (tertiary/aromatic N) is 1. The summed E-state index contributed by atoms with van der Waals surface area (Å²) in [5.74, 6) is -1.37. The van der Waals surface area contributed by atoms with Gasteiger partial charge in [0.15, 0.2) is 9.84 Å². The smallest absolute Gasteiger partial charge is 0.282 e. The molecule has 2 aromatic carbocycles. The standard InChI is InChI=1S/C20H16ClFN2O5S2/c1-12-9-14(5-6-16(12)22)31(28,29)19(18-3-2-8-30-18)11-23-20(25)15-10-13(21)4-7-17(15)24(26)27/h2-10,19H,11H2,1H3,(H,23,25)/t19-/m1/s1. The number of halogens is 2. The number of benzene rings is 2. The van der Waals surface area contributed by atoms with E-state index in [0.717, 1.165) is 18.2 Å². The molecule has 162 valence electrons. The summed E-state index contributed by atoms with van der Waals surface area (Å²) in [5.41, 5.74) is -0.561. The monoisotopic (exact) mass is 482 g/mol. The van der Waals surface area contributed by atoms with Gasteiger partial charge in [-0.1, -0.05) is 17.7 Å². The third-order valence-corrected chi connectivity index (χ3v) is 7.99. The van der Waals surface area contributed by atoms with Gasteiger partial charge < -0.3 is 5.32 Å². The Hall–Kier alpha value is -2.82. The lowest BCUT2D eigenvalue weighted by Gasteiger charge is -2.18. The summed E-state index contributed by atoms with van der Waals surface area (Å²) in [7, 11) is -4.01. The molecule has 1 aromatic heterocycles. The third kappa shape index (κ3) is 4.92. The fraction of sp³-hybridized carbons (Fsp3) is 0.150. The van der Waals surface area contributed by atoms with Crippen LogP contribution in [0, 0.1) is 22.9 Å². The number of nitrogens with one attached hydrogen (secondary N) is 1. The molecule has 0 aliphatic heterocycles. The third-order valence-electron chi connectivity index (χ3n) is 4.54. The zero-order valence-corrected chi connectivity index (χ0v) is 18.4. The van der Waals surface area contributed by atoms with Crippen LogP contribution in [0.2, 0.25) is 5.02 Å². The van der Waals surface area contributed by atoms with E-state index < -0.39 is 37.4 Å². The zero-order valence-electron chi connectivity index (χ0n) is 16.0. The highest BCUT2D eigenvalue weighted by Crippen LogP contribution is 2.32. The molecule has 0 aliphatic carbocycles. The number of rotatable bonds is 7. The highest BCUT2D eigenvalue weighted by molar-refractivity contribution is 7.91. The van der Waals surface area contributed by atoms with Gasteiger partial charge in [-0.15, -0.1) is 11.3 Å². The second kappa shape index (κ2) is 9.13. The molecule has 1 atom stereocenters. The van der Waals surface area contributed by atoms with E-state index in [1.54, 1.807) is 17.5 Å². The molecule has 3 aromatic rings. The van der Waals surface area contributed by atoms with Gasteiger partial charge in [-0.05, 0) is 54.3 Å². The van der Waals surface area contributed by atoms with Gasteiger partial charge in [-0.2, -0.15) is 0 Å². The molecule has 0 aliphatic rings. The number of sulfone groups is 1. The molecule has 0 saturated heterocycles. The molecule has 11 heteroatoms. The molecule has 0 bridgehead atoms. The lowest BCUT2D eigenvalue weighted by Crippen LogP contribution is -2.32. The molecule has 0 radical (unpaired) electrons. The Kier molecular flexibility index (Phi) is 6.73. The fourth-order valence-electron chi connectivity index (χ4n) is 2.93. The minimum absolute atomic E-state index is 0.0900. The Morgan fingerprint density at radius 2 is 2.00 bits per heavy atom. The Labute approximate surface area is 186 Å². The summed E-state index contributed by atoms with van der Waals surface area (Å²) >= 11 is 7.05. The number of carbonyl (C=O) groups excluding carboxylic acids is 1. The molecule has 3 rings (SSSR count). The van der Waals surface area contributed by atoms with Crippen LogP contribution in [0.3, 0.4) is 0 Å². The van der Waals surface area contributed by atoms with Gasteiger partial charge in [0.25, 0.3) is 11.6 Å². The first-order valence-electron chi connectivity index (χ1n) is 8.87. The molecular formula is C20H16ClFN2O5S2. The van der Waals surface area contributed by atoms with Gasteiger partial charge >= 0.3 is 0 Å². The lowest BCUT2D eigenvalue weighted by atomic mass is 10.1. The Morgan fingerprint density at radius 1 is 1.26 bits per heavy atom. The predicted molar refractivity (Wildman–Crippen MR) is 116 cm³/mol. The number of carbonyl (C=O) groups is 1. The van der Waals surface area contributed by atoms with Gasteiger partial charge in [0, 0.05) is 22.5 Å². The van der Waals surface area contributed by atoms with Crippen molar-refractivity contribution in [3.63, 3.8) is 0 Å². The normalized spacial score (nSPS) is 12.4. The van der Waals surface area contributed by atoms with Gasteiger partial charge in [0.1, 0.15) is 16.6 Å². The molecule has 1 amide bonds. The van der Waals surface area contributed by atoms with Crippen molar-refractivity contribution in [2.45, 2.75) is 17.1 Å². The van der Waals surface area contributed by atoms with Crippen LogP contribution in [0.5, 0.6) is 0 Å². The van der Waals surface area contributed by atoms with E-state index in [9.17, 15) is 27.7 Å². The molecule has 0 unspecified atom stereocenters. The summed E-state index contributed by atoms with van der Waals surface area (Å²) in [6.07, 6.45) is 0. The average Bonchev–Trinajstić information content (AvgIpc) is 3.23. The maximum atomic E-state index is 13.6. The van der Waals surface area contributed by atoms with Crippen molar-refractivity contribution in [3.8, 4) is 0 Å². The van der Waals surface area contributed by atoms with E-state index in [1.165, 1.54) is 36.5 Å². The molecule has 0 spiro atoms. The van der Waals surface area contributed by atoms with E-state index in [0.29, 0.717) is 4.88 Å². The van der Waals surface area contributed by atoms with Gasteiger partial charge in [-0.3, -0.25) is 14.9 Å². The topological polar surface area (TPSA) is 106 Å². The number of amides is 1. The summed E-state index contributed by atoms with van der Waals surface area (Å²) in [6.45, 7) is 1.11. The molecule has 1 heterocycles. The molecule has 0 saturated carbocycles. The van der Waals surface area contributed by atoms with Crippen LogP contribution in [0.1, 0.15) is 26.0 Å². The van der Waals surface area contributed by atoms with Crippen LogP contribution in [-0.4, -0.2) is 25.8 Å². The van der Waals surface area contributed by atoms with Crippen LogP contribution >= 0.6 is 22.9 Å². The first-order valence-corrected chi connectivity index (χ1v) is 11.7. The number of thiophene rings is 1. The minimum Gasteiger partial charge on any atom is -0.350 e. The number of hydrogen-bond donors (Lipinski definition) is 1. The van der Waals surface area contributed by atoms with Crippen LogP contribution in [0.15, 0.2) is 58.8 Å². The highest BCUT2D eigenvalue weighted by atomic mass is 35.5. The van der Waals surface area contributed by atoms with Crippen molar-refractivity contribution in [1.82, 2.24) is 5.32 Å². The van der Waals surface area contributed by atoms with Crippen molar-refractivity contribution in [3.05, 3.63) is 90.9 Å². The van der Waals surface area contributed by atoms with E-state index in [-0.39, 0.29) is 27.6 Å². The average molecular weight is 483 g/mol. The number of hydrogen-bond acceptors (Lipinski definition) is 6. The first-order chi connectivity index (χ1) is 14.6. The summed E-state index contributed by atoms with van der Waals surface area (Å²) in [5, 5.41) is 14.3. The number of nitro groups is 1. The second-order valence-corrected chi connectivity index (χ2v) is 10.1. The SMILES string of the molecule is Cc1cc(S(=O)(=O)[C@H](CNC(=O)c2cc(Cl)ccc2[N+](=O)[O-])c2cccs2)ccc1F. The van der Waals surface area contributed by atoms with Crippen LogP contribution in [0.4, 0.5) is 10.1 Å². The Balaban J connectivity index is 1.94. The molecule has 31 heavy (non-hydrogen) atoms. The predicted octanol–water partition coefficient (Wildman–Crippen LogP) is 4.70. The van der Waals surface area contributed by atoms with E-state index in [2.05, 4.69) is 5.32 Å². The summed E-state index contributed by atoms with van der Waals surface area (Å²) in [4.78, 5) is 23.5. The largest absolute Gasteiger partial charge is 0.350 e. The van der Waals surface area contributed by atoms with Crippen molar-refractivity contribution >= 4 is 44.4 Å². The minimum atomic E-state index is -4.01. The van der Waals surface area contributed by atoms with Crippen molar-refractivity contribution in [2.24, 2.45) is 0 Å². The maximum Gasteiger partial charge on any atom is 0.282 e. The van der Waals surface area contributed by atoms with Gasteiger partial charge in [-0.25, -0.2) is 12.8 Å². The van der Waals surface area contributed by atoms with Crippen LogP contribution in [0.25, 0.3) is 0 Å². The first kappa shape index (κ1) is 22.9. The van der Waals surface area contributed by atoms with Crippen LogP contribution in [-0.2, 0) is 9.84 Å². The number of nitro benzene ring substituents is 1. The Bertz CT molecular complexity index is 1250. The molecular weight excluding hydrogens is 467 g/mol. The Morgan fingerprint density at radius 3 is 2.61 bits per heavy atom. The van der Waals surface area contributed by atoms with E-state index >= 15 is 0 Å². The molecule has 0 fully saturated rings. The van der Waals surface area contributed by atoms with E-state index in [1.807, 2.05) is 0 Å². The summed E-state index contributed by atoms with van der Waals surface area (Å²) < 4.78 is 40.2. The van der Waals surface area contributed by atoms with Gasteiger partial charge in [0.2, 0.25) is 0 Å². The van der Waals surface area contributed by atoms with E-state index in [4.69, 9.17) is 11.6 Å². The second-order valence-electron chi connectivity index (χ2n) is 6.59. The molecule has 1 N–H and O–H groups in total. The van der Waals surface area contributed by atoms with Crippen molar-refractivity contribution < 1.29 is 22.5 Å². The van der Waals surface area contributed by atoms with Crippen molar-refractivity contribution in [2.75, 3.05) is 6.54 Å². The quantitative estimate of drug-likeness (QED) is 0.298. The summed E-state index contributed by atoms with van der Waals surface area (Å²) in [6, 6.07) is 10.3. The highest BCUT2D eigenvalue weighted by Gasteiger charge is 2.32. The van der Waals surface area contributed by atoms with Crippen LogP contribution < -0.4 is 5.32 Å². The zero-order chi connectivity index (χ0) is 22.8. The fourth-order valence-corrected chi connectivity index (χ4v) is 5.97. The molecule has 7 nitrogen and oxygen atoms in total. The maximum absolute atomic E-state index is 13.6. The van der Waals surface area contributed by atoms with Crippen molar-refractivity contribution in [1.29, 1.82) is 0 Å². The van der Waals surface area contributed by atoms with Gasteiger partial charge in [0.05, 0.1) is 9.82 Å². The lowest BCUT2D eigenvalue weighted by molar-refractivity contribution is -0.385. The number of aryl methyl sites for hydroxylation is 1.